The maximum Gasteiger partial charge on any atom is 0.0794 e. The van der Waals surface area contributed by atoms with E-state index in [1.807, 2.05) is 5.51 Å². The zero-order valence-electron chi connectivity index (χ0n) is 7.34. The Labute approximate surface area is 77.0 Å². The highest BCUT2D eigenvalue weighted by Gasteiger charge is 2.35. The quantitative estimate of drug-likeness (QED) is 0.769. The normalized spacial score (nSPS) is 20.4. The van der Waals surface area contributed by atoms with Crippen molar-refractivity contribution >= 4 is 11.3 Å². The van der Waals surface area contributed by atoms with E-state index in [4.69, 9.17) is 0 Å². The van der Waals surface area contributed by atoms with Gasteiger partial charge in [0.25, 0.3) is 0 Å². The molecule has 0 amide bonds. The first-order chi connectivity index (χ1) is 5.85. The minimum Gasteiger partial charge on any atom is -0.316 e. The average molecular weight is 182 g/mol. The Kier molecular flexibility index (Phi) is 2.15. The van der Waals surface area contributed by atoms with Crippen LogP contribution in [0.1, 0.15) is 19.0 Å². The van der Waals surface area contributed by atoms with Gasteiger partial charge in [-0.2, -0.15) is 0 Å². The Morgan fingerprint density at radius 1 is 1.67 bits per heavy atom. The van der Waals surface area contributed by atoms with Crippen molar-refractivity contribution in [2.45, 2.75) is 19.8 Å². The van der Waals surface area contributed by atoms with E-state index in [9.17, 15) is 0 Å². The van der Waals surface area contributed by atoms with Crippen LogP contribution in [-0.4, -0.2) is 18.1 Å². The van der Waals surface area contributed by atoms with Gasteiger partial charge in [0.2, 0.25) is 0 Å². The van der Waals surface area contributed by atoms with Gasteiger partial charge < -0.3 is 5.32 Å². The fourth-order valence-electron chi connectivity index (χ4n) is 1.69. The fraction of sp³-hybridized carbons (Fsp3) is 0.667. The van der Waals surface area contributed by atoms with Gasteiger partial charge in [-0.15, -0.1) is 11.3 Å². The van der Waals surface area contributed by atoms with Crippen LogP contribution in [0.25, 0.3) is 0 Å². The first-order valence-electron chi connectivity index (χ1n) is 4.42. The zero-order valence-corrected chi connectivity index (χ0v) is 8.16. The molecule has 2 rings (SSSR count). The van der Waals surface area contributed by atoms with Crippen LogP contribution in [0, 0.1) is 5.41 Å². The Morgan fingerprint density at radius 2 is 2.50 bits per heavy atom. The fourth-order valence-corrected chi connectivity index (χ4v) is 2.25. The molecule has 2 nitrogen and oxygen atoms in total. The van der Waals surface area contributed by atoms with Gasteiger partial charge in [0.05, 0.1) is 11.2 Å². The van der Waals surface area contributed by atoms with Crippen LogP contribution >= 0.6 is 11.3 Å². The number of nitrogens with zero attached hydrogens (tertiary/aromatic N) is 1. The summed E-state index contributed by atoms with van der Waals surface area (Å²) in [6, 6.07) is 0. The minimum atomic E-state index is 0.522. The maximum atomic E-state index is 4.32. The molecule has 1 aliphatic heterocycles. The average Bonchev–Trinajstić information content (AvgIpc) is 2.49. The molecule has 0 bridgehead atoms. The molecular weight excluding hydrogens is 168 g/mol. The van der Waals surface area contributed by atoms with Crippen molar-refractivity contribution in [3.63, 3.8) is 0 Å². The number of nitrogens with one attached hydrogen (secondary N) is 1. The Balaban J connectivity index is 2.01. The number of thiazole rings is 1. The third-order valence-electron chi connectivity index (χ3n) is 2.79. The third kappa shape index (κ3) is 1.39. The largest absolute Gasteiger partial charge is 0.316 e. The van der Waals surface area contributed by atoms with E-state index in [0.717, 1.165) is 6.42 Å². The molecule has 12 heavy (non-hydrogen) atoms. The van der Waals surface area contributed by atoms with Crippen LogP contribution in [0.4, 0.5) is 0 Å². The highest BCUT2D eigenvalue weighted by Crippen LogP contribution is 2.30. The molecule has 1 fully saturated rings. The summed E-state index contributed by atoms with van der Waals surface area (Å²) >= 11 is 1.69. The maximum absolute atomic E-state index is 4.32. The van der Waals surface area contributed by atoms with Crippen molar-refractivity contribution in [1.82, 2.24) is 10.3 Å². The Hall–Kier alpha value is -0.410. The standard InChI is InChI=1S/C9H14N2S/c1-2-9(5-10-6-9)3-8-4-12-7-11-8/h4,7,10H,2-3,5-6H2,1H3. The van der Waals surface area contributed by atoms with Gasteiger partial charge in [-0.3, -0.25) is 0 Å². The van der Waals surface area contributed by atoms with Crippen molar-refractivity contribution < 1.29 is 0 Å². The van der Waals surface area contributed by atoms with Crippen molar-refractivity contribution in [3.05, 3.63) is 16.6 Å². The van der Waals surface area contributed by atoms with Crippen molar-refractivity contribution in [2.24, 2.45) is 5.41 Å². The van der Waals surface area contributed by atoms with E-state index >= 15 is 0 Å². The van der Waals surface area contributed by atoms with Crippen molar-refractivity contribution in [2.75, 3.05) is 13.1 Å². The molecule has 3 heteroatoms. The van der Waals surface area contributed by atoms with Crippen LogP contribution in [0.15, 0.2) is 10.9 Å². The molecular formula is C9H14N2S. The molecule has 2 heterocycles. The number of hydrogen-bond donors (Lipinski definition) is 1. The second kappa shape index (κ2) is 3.15. The van der Waals surface area contributed by atoms with Gasteiger partial charge in [-0.25, -0.2) is 4.98 Å². The molecule has 0 unspecified atom stereocenters. The minimum absolute atomic E-state index is 0.522. The molecule has 0 radical (unpaired) electrons. The van der Waals surface area contributed by atoms with Crippen molar-refractivity contribution in [1.29, 1.82) is 0 Å². The van der Waals surface area contributed by atoms with E-state index in [0.29, 0.717) is 5.41 Å². The summed E-state index contributed by atoms with van der Waals surface area (Å²) in [6.45, 7) is 4.61. The van der Waals surface area contributed by atoms with Gasteiger partial charge in [0, 0.05) is 23.9 Å². The lowest BCUT2D eigenvalue weighted by molar-refractivity contribution is 0.159. The molecule has 1 saturated heterocycles. The number of hydrogen-bond acceptors (Lipinski definition) is 3. The van der Waals surface area contributed by atoms with Crippen LogP contribution in [-0.2, 0) is 6.42 Å². The van der Waals surface area contributed by atoms with E-state index in [-0.39, 0.29) is 0 Å². The van der Waals surface area contributed by atoms with Gasteiger partial charge in [0.1, 0.15) is 0 Å². The summed E-state index contributed by atoms with van der Waals surface area (Å²) in [6.07, 6.45) is 2.41. The predicted octanol–water partition coefficient (Wildman–Crippen LogP) is 1.69. The summed E-state index contributed by atoms with van der Waals surface area (Å²) in [5.74, 6) is 0. The smallest absolute Gasteiger partial charge is 0.0794 e. The number of aromatic nitrogens is 1. The van der Waals surface area contributed by atoms with E-state index in [1.54, 1.807) is 11.3 Å². The van der Waals surface area contributed by atoms with Gasteiger partial charge in [-0.05, 0) is 12.8 Å². The lowest BCUT2D eigenvalue weighted by atomic mass is 9.75. The lowest BCUT2D eigenvalue weighted by Crippen LogP contribution is -2.54. The third-order valence-corrected chi connectivity index (χ3v) is 3.42. The highest BCUT2D eigenvalue weighted by molar-refractivity contribution is 7.07. The van der Waals surface area contributed by atoms with Crippen LogP contribution in [0.3, 0.4) is 0 Å². The SMILES string of the molecule is CCC1(Cc2cscn2)CNC1. The van der Waals surface area contributed by atoms with Gasteiger partial charge in [-0.1, -0.05) is 6.92 Å². The van der Waals surface area contributed by atoms with Crippen LogP contribution in [0.5, 0.6) is 0 Å². The van der Waals surface area contributed by atoms with E-state index in [1.165, 1.54) is 25.2 Å². The molecule has 1 aromatic heterocycles. The first-order valence-corrected chi connectivity index (χ1v) is 5.37. The summed E-state index contributed by atoms with van der Waals surface area (Å²) in [5, 5.41) is 5.50. The van der Waals surface area contributed by atoms with Crippen molar-refractivity contribution in [3.8, 4) is 0 Å². The van der Waals surface area contributed by atoms with Gasteiger partial charge >= 0.3 is 0 Å². The van der Waals surface area contributed by atoms with E-state index in [2.05, 4.69) is 22.6 Å². The molecule has 1 aliphatic rings. The molecule has 0 saturated carbocycles. The predicted molar refractivity (Wildman–Crippen MR) is 51.4 cm³/mol. The van der Waals surface area contributed by atoms with Gasteiger partial charge in [0.15, 0.2) is 0 Å². The summed E-state index contributed by atoms with van der Waals surface area (Å²) < 4.78 is 0. The molecule has 1 N–H and O–H groups in total. The summed E-state index contributed by atoms with van der Waals surface area (Å²) in [4.78, 5) is 4.32. The molecule has 0 atom stereocenters. The Bertz CT molecular complexity index is 234. The molecule has 66 valence electrons. The Morgan fingerprint density at radius 3 is 2.92 bits per heavy atom. The molecule has 0 spiro atoms. The van der Waals surface area contributed by atoms with Crippen LogP contribution < -0.4 is 5.32 Å². The highest BCUT2D eigenvalue weighted by atomic mass is 32.1. The molecule has 1 aromatic rings. The molecule has 0 aromatic carbocycles. The summed E-state index contributed by atoms with van der Waals surface area (Å²) in [7, 11) is 0. The second-order valence-electron chi connectivity index (χ2n) is 3.61. The second-order valence-corrected chi connectivity index (χ2v) is 4.33. The monoisotopic (exact) mass is 182 g/mol. The summed E-state index contributed by atoms with van der Waals surface area (Å²) in [5.41, 5.74) is 3.71. The lowest BCUT2D eigenvalue weighted by Gasteiger charge is -2.41. The zero-order chi connectivity index (χ0) is 8.44. The van der Waals surface area contributed by atoms with E-state index < -0.39 is 0 Å². The topological polar surface area (TPSA) is 24.9 Å². The van der Waals surface area contributed by atoms with Crippen LogP contribution in [0.2, 0.25) is 0 Å². The first kappa shape index (κ1) is 8.20. The molecule has 0 aliphatic carbocycles. The number of rotatable bonds is 3.